The number of hydrogen-bond donors (Lipinski definition) is 1. The van der Waals surface area contributed by atoms with Crippen LogP contribution in [0, 0.1) is 10.1 Å². The van der Waals surface area contributed by atoms with E-state index in [2.05, 4.69) is 0 Å². The van der Waals surface area contributed by atoms with Crippen LogP contribution in [0.3, 0.4) is 0 Å². The lowest BCUT2D eigenvalue weighted by molar-refractivity contribution is -0.384. The Balaban J connectivity index is 2.08. The second-order valence-corrected chi connectivity index (χ2v) is 3.75. The van der Waals surface area contributed by atoms with E-state index in [1.807, 2.05) is 0 Å². The molecular weight excluding hydrogens is 210 g/mol. The van der Waals surface area contributed by atoms with Crippen LogP contribution >= 0.6 is 0 Å². The predicted molar refractivity (Wildman–Crippen MR) is 56.5 cm³/mol. The summed E-state index contributed by atoms with van der Waals surface area (Å²) in [7, 11) is 0. The highest BCUT2D eigenvalue weighted by Gasteiger charge is 2.33. The third kappa shape index (κ3) is 1.87. The van der Waals surface area contributed by atoms with Gasteiger partial charge in [-0.2, -0.15) is 0 Å². The number of hydrogen-bond acceptors (Lipinski definition) is 4. The zero-order valence-electron chi connectivity index (χ0n) is 8.50. The van der Waals surface area contributed by atoms with Crippen molar-refractivity contribution in [2.45, 2.75) is 12.6 Å². The van der Waals surface area contributed by atoms with Crippen LogP contribution in [-0.2, 0) is 11.3 Å². The van der Waals surface area contributed by atoms with E-state index in [1.54, 1.807) is 17.0 Å². The van der Waals surface area contributed by atoms with Gasteiger partial charge in [-0.25, -0.2) is 0 Å². The fourth-order valence-electron chi connectivity index (χ4n) is 1.66. The summed E-state index contributed by atoms with van der Waals surface area (Å²) in [5.41, 5.74) is 6.23. The molecule has 1 amide bonds. The van der Waals surface area contributed by atoms with Crippen molar-refractivity contribution in [1.82, 2.24) is 4.90 Å². The highest BCUT2D eigenvalue weighted by atomic mass is 16.6. The largest absolute Gasteiger partial charge is 0.335 e. The van der Waals surface area contributed by atoms with Crippen LogP contribution in [0.5, 0.6) is 0 Å². The molecule has 0 radical (unpaired) electrons. The Morgan fingerprint density at radius 1 is 1.56 bits per heavy atom. The van der Waals surface area contributed by atoms with Crippen LogP contribution in [-0.4, -0.2) is 28.3 Å². The molecule has 0 saturated carbocycles. The van der Waals surface area contributed by atoms with Crippen LogP contribution < -0.4 is 5.73 Å². The van der Waals surface area contributed by atoms with E-state index >= 15 is 0 Å². The van der Waals surface area contributed by atoms with Gasteiger partial charge in [0.05, 0.1) is 4.92 Å². The summed E-state index contributed by atoms with van der Waals surface area (Å²) in [4.78, 5) is 22.9. The maximum absolute atomic E-state index is 11.3. The van der Waals surface area contributed by atoms with Gasteiger partial charge in [-0.15, -0.1) is 0 Å². The molecule has 1 fully saturated rings. The van der Waals surface area contributed by atoms with Gasteiger partial charge in [0.25, 0.3) is 5.69 Å². The van der Waals surface area contributed by atoms with Crippen molar-refractivity contribution < 1.29 is 9.72 Å². The smallest absolute Gasteiger partial charge is 0.269 e. The second-order valence-electron chi connectivity index (χ2n) is 3.75. The zero-order valence-corrected chi connectivity index (χ0v) is 8.50. The first-order chi connectivity index (χ1) is 7.58. The number of nitro benzene ring substituents is 1. The monoisotopic (exact) mass is 221 g/mol. The lowest BCUT2D eigenvalue weighted by Crippen LogP contribution is -2.60. The maximum atomic E-state index is 11.3. The van der Waals surface area contributed by atoms with Crippen LogP contribution in [0.4, 0.5) is 5.69 Å². The Labute approximate surface area is 91.8 Å². The van der Waals surface area contributed by atoms with Crippen molar-refractivity contribution in [3.63, 3.8) is 0 Å². The van der Waals surface area contributed by atoms with Gasteiger partial charge < -0.3 is 10.6 Å². The van der Waals surface area contributed by atoms with Crippen molar-refractivity contribution in [2.24, 2.45) is 5.73 Å². The highest BCUT2D eigenvalue weighted by Crippen LogP contribution is 2.17. The van der Waals surface area contributed by atoms with Crippen LogP contribution in [0.1, 0.15) is 5.56 Å². The standard InChI is InChI=1S/C10H11N3O3/c11-9-6-12(10(9)14)5-7-2-1-3-8(4-7)13(15)16/h1-4,9H,5-6,11H2. The first-order valence-corrected chi connectivity index (χ1v) is 4.85. The van der Waals surface area contributed by atoms with Crippen LogP contribution in [0.15, 0.2) is 24.3 Å². The fraction of sp³-hybridized carbons (Fsp3) is 0.300. The Kier molecular flexibility index (Phi) is 2.57. The summed E-state index contributed by atoms with van der Waals surface area (Å²) in [5, 5.41) is 10.5. The topological polar surface area (TPSA) is 89.5 Å². The molecular formula is C10H11N3O3. The lowest BCUT2D eigenvalue weighted by atomic mass is 10.1. The van der Waals surface area contributed by atoms with Crippen molar-refractivity contribution in [3.8, 4) is 0 Å². The molecule has 0 aliphatic carbocycles. The van der Waals surface area contributed by atoms with E-state index in [9.17, 15) is 14.9 Å². The summed E-state index contributed by atoms with van der Waals surface area (Å²) >= 11 is 0. The van der Waals surface area contributed by atoms with Crippen molar-refractivity contribution in [1.29, 1.82) is 0 Å². The molecule has 84 valence electrons. The second kappa shape index (κ2) is 3.90. The Hall–Kier alpha value is -1.95. The van der Waals surface area contributed by atoms with Gasteiger partial charge in [0.1, 0.15) is 6.04 Å². The van der Waals surface area contributed by atoms with Crippen molar-refractivity contribution in [2.75, 3.05) is 6.54 Å². The number of benzene rings is 1. The minimum Gasteiger partial charge on any atom is -0.335 e. The molecule has 1 saturated heterocycles. The van der Waals surface area contributed by atoms with Gasteiger partial charge in [-0.1, -0.05) is 12.1 Å². The van der Waals surface area contributed by atoms with Crippen molar-refractivity contribution in [3.05, 3.63) is 39.9 Å². The highest BCUT2D eigenvalue weighted by molar-refractivity contribution is 5.87. The molecule has 1 heterocycles. The zero-order chi connectivity index (χ0) is 11.7. The molecule has 1 unspecified atom stereocenters. The fourth-order valence-corrected chi connectivity index (χ4v) is 1.66. The van der Waals surface area contributed by atoms with Crippen molar-refractivity contribution >= 4 is 11.6 Å². The minimum atomic E-state index is -0.451. The number of likely N-dealkylation sites (tertiary alicyclic amines) is 1. The third-order valence-electron chi connectivity index (χ3n) is 2.54. The summed E-state index contributed by atoms with van der Waals surface area (Å²) in [6, 6.07) is 5.85. The van der Waals surface area contributed by atoms with Gasteiger partial charge in [0, 0.05) is 25.2 Å². The predicted octanol–water partition coefficient (Wildman–Crippen LogP) is 0.264. The van der Waals surface area contributed by atoms with Gasteiger partial charge in [-0.3, -0.25) is 14.9 Å². The van der Waals surface area contributed by atoms with Gasteiger partial charge in [-0.05, 0) is 5.56 Å². The average molecular weight is 221 g/mol. The van der Waals surface area contributed by atoms with Crippen LogP contribution in [0.2, 0.25) is 0 Å². The summed E-state index contributed by atoms with van der Waals surface area (Å²) in [6.45, 7) is 0.899. The SMILES string of the molecule is NC1CN(Cc2cccc([N+](=O)[O-])c2)C1=O. The molecule has 6 heteroatoms. The molecule has 0 bridgehead atoms. The average Bonchev–Trinajstić information content (AvgIpc) is 2.28. The summed E-state index contributed by atoms with van der Waals surface area (Å²) < 4.78 is 0. The molecule has 1 aliphatic rings. The quantitative estimate of drug-likeness (QED) is 0.450. The Bertz CT molecular complexity index is 447. The molecule has 6 nitrogen and oxygen atoms in total. The number of β-lactam (4-membered cyclic amide) rings is 1. The number of nitrogens with zero attached hydrogens (tertiary/aromatic N) is 2. The van der Waals surface area contributed by atoms with Crippen LogP contribution in [0.25, 0.3) is 0 Å². The first kappa shape index (κ1) is 10.6. The molecule has 0 aromatic heterocycles. The normalized spacial score (nSPS) is 19.4. The molecule has 2 N–H and O–H groups in total. The number of non-ortho nitro benzene ring substituents is 1. The number of amides is 1. The third-order valence-corrected chi connectivity index (χ3v) is 2.54. The van der Waals surface area contributed by atoms with E-state index < -0.39 is 11.0 Å². The minimum absolute atomic E-state index is 0.0368. The van der Waals surface area contributed by atoms with Gasteiger partial charge in [0.2, 0.25) is 5.91 Å². The summed E-state index contributed by atoms with van der Waals surface area (Å²) in [6.07, 6.45) is 0. The number of nitro groups is 1. The van der Waals surface area contributed by atoms with E-state index in [0.717, 1.165) is 5.56 Å². The van der Waals surface area contributed by atoms with E-state index in [-0.39, 0.29) is 11.6 Å². The molecule has 1 aromatic rings. The van der Waals surface area contributed by atoms with E-state index in [4.69, 9.17) is 5.73 Å². The number of rotatable bonds is 3. The molecule has 1 atom stereocenters. The van der Waals surface area contributed by atoms with Gasteiger partial charge >= 0.3 is 0 Å². The molecule has 2 rings (SSSR count). The van der Waals surface area contributed by atoms with E-state index in [1.165, 1.54) is 12.1 Å². The molecule has 16 heavy (non-hydrogen) atoms. The number of nitrogens with two attached hydrogens (primary N) is 1. The van der Waals surface area contributed by atoms with Gasteiger partial charge in [0.15, 0.2) is 0 Å². The lowest BCUT2D eigenvalue weighted by Gasteiger charge is -2.36. The first-order valence-electron chi connectivity index (χ1n) is 4.85. The Morgan fingerprint density at radius 3 is 2.88 bits per heavy atom. The summed E-state index contributed by atoms with van der Waals surface area (Å²) in [5.74, 6) is -0.105. The molecule has 1 aromatic carbocycles. The molecule has 1 aliphatic heterocycles. The number of carbonyl (C=O) groups excluding carboxylic acids is 1. The maximum Gasteiger partial charge on any atom is 0.269 e. The Morgan fingerprint density at radius 2 is 2.31 bits per heavy atom. The van der Waals surface area contributed by atoms with E-state index in [0.29, 0.717) is 13.1 Å². The number of carbonyl (C=O) groups is 1. The molecule has 0 spiro atoms.